The van der Waals surface area contributed by atoms with Crippen LogP contribution in [0.4, 0.5) is 0 Å². The van der Waals surface area contributed by atoms with Crippen molar-refractivity contribution < 1.29 is 13.2 Å². The summed E-state index contributed by atoms with van der Waals surface area (Å²) in [7, 11) is -3.87. The van der Waals surface area contributed by atoms with Gasteiger partial charge in [-0.15, -0.1) is 11.3 Å². The first-order valence-electron chi connectivity index (χ1n) is 13.9. The van der Waals surface area contributed by atoms with E-state index in [-0.39, 0.29) is 11.3 Å². The molecule has 0 unspecified atom stereocenters. The number of carbonyl (C=O) groups is 1. The van der Waals surface area contributed by atoms with Gasteiger partial charge in [-0.25, -0.2) is 18.6 Å². The van der Waals surface area contributed by atoms with Crippen molar-refractivity contribution in [1.82, 2.24) is 14.7 Å². The second kappa shape index (κ2) is 12.4. The van der Waals surface area contributed by atoms with Crippen molar-refractivity contribution >= 4 is 33.5 Å². The number of hydrazone groups is 1. The number of amides is 1. The van der Waals surface area contributed by atoms with Gasteiger partial charge in [-0.1, -0.05) is 48.0 Å². The van der Waals surface area contributed by atoms with Crippen LogP contribution in [-0.4, -0.2) is 25.1 Å². The van der Waals surface area contributed by atoms with Crippen molar-refractivity contribution in [1.29, 1.82) is 5.26 Å². The third-order valence-corrected chi connectivity index (χ3v) is 10.3. The highest BCUT2D eigenvalue weighted by Crippen LogP contribution is 2.38. The molecule has 2 N–H and O–H groups in total. The SMILES string of the molecule is Cc1ccc(S(=O)(=O)N[C@@H](CC(=O)N/N=C\c2cc(C)n(-c3sc4c(c3C#N)CCCC4)c2C)c2ccccc2)cc1. The van der Waals surface area contributed by atoms with Crippen molar-refractivity contribution in [2.45, 2.75) is 63.8 Å². The Labute approximate surface area is 250 Å². The van der Waals surface area contributed by atoms with Gasteiger partial charge in [0.1, 0.15) is 11.1 Å². The highest BCUT2D eigenvalue weighted by molar-refractivity contribution is 7.89. The van der Waals surface area contributed by atoms with Crippen LogP contribution < -0.4 is 10.1 Å². The van der Waals surface area contributed by atoms with Gasteiger partial charge in [0, 0.05) is 28.2 Å². The van der Waals surface area contributed by atoms with Gasteiger partial charge >= 0.3 is 0 Å². The van der Waals surface area contributed by atoms with Gasteiger partial charge in [0.05, 0.1) is 22.7 Å². The minimum Gasteiger partial charge on any atom is -0.308 e. The Bertz CT molecular complexity index is 1780. The minimum atomic E-state index is -3.87. The summed E-state index contributed by atoms with van der Waals surface area (Å²) in [6.07, 6.45) is 5.66. The Morgan fingerprint density at radius 3 is 2.52 bits per heavy atom. The molecule has 0 saturated carbocycles. The van der Waals surface area contributed by atoms with E-state index in [4.69, 9.17) is 0 Å². The fourth-order valence-corrected chi connectivity index (χ4v) is 8.02. The van der Waals surface area contributed by atoms with E-state index in [1.54, 1.807) is 66.1 Å². The summed E-state index contributed by atoms with van der Waals surface area (Å²) in [5, 5.41) is 15.1. The summed E-state index contributed by atoms with van der Waals surface area (Å²) in [6.45, 7) is 5.85. The largest absolute Gasteiger partial charge is 0.308 e. The number of aromatic nitrogens is 1. The molecular formula is C32H33N5O3S2. The first kappa shape index (κ1) is 29.5. The molecule has 0 saturated heterocycles. The number of hydrogen-bond donors (Lipinski definition) is 2. The van der Waals surface area contributed by atoms with E-state index in [9.17, 15) is 18.5 Å². The third kappa shape index (κ3) is 6.23. The van der Waals surface area contributed by atoms with Gasteiger partial charge in [-0.05, 0) is 75.8 Å². The predicted molar refractivity (Wildman–Crippen MR) is 166 cm³/mol. The summed E-state index contributed by atoms with van der Waals surface area (Å²) >= 11 is 1.69. The molecule has 0 fully saturated rings. The Balaban J connectivity index is 1.32. The molecule has 1 atom stereocenters. The highest BCUT2D eigenvalue weighted by atomic mass is 32.2. The molecular weight excluding hydrogens is 567 g/mol. The topological polar surface area (TPSA) is 116 Å². The molecule has 0 spiro atoms. The predicted octanol–water partition coefficient (Wildman–Crippen LogP) is 5.77. The average Bonchev–Trinajstić information content (AvgIpc) is 3.48. The average molecular weight is 600 g/mol. The zero-order valence-electron chi connectivity index (χ0n) is 23.8. The molecule has 1 aliphatic carbocycles. The Morgan fingerprint density at radius 2 is 1.81 bits per heavy atom. The van der Waals surface area contributed by atoms with E-state index in [2.05, 4.69) is 25.9 Å². The van der Waals surface area contributed by atoms with Gasteiger partial charge in [-0.3, -0.25) is 4.79 Å². The number of rotatable bonds is 9. The molecule has 8 nitrogen and oxygen atoms in total. The lowest BCUT2D eigenvalue weighted by molar-refractivity contribution is -0.121. The molecule has 10 heteroatoms. The van der Waals surface area contributed by atoms with Gasteiger partial charge in [0.2, 0.25) is 15.9 Å². The molecule has 2 aromatic carbocycles. The zero-order valence-corrected chi connectivity index (χ0v) is 25.5. The lowest BCUT2D eigenvalue weighted by Gasteiger charge is -2.18. The first-order chi connectivity index (χ1) is 20.2. The molecule has 216 valence electrons. The molecule has 0 bridgehead atoms. The molecule has 5 rings (SSSR count). The fourth-order valence-electron chi connectivity index (χ4n) is 5.35. The van der Waals surface area contributed by atoms with Crippen LogP contribution in [0, 0.1) is 32.1 Å². The van der Waals surface area contributed by atoms with Gasteiger partial charge in [-0.2, -0.15) is 10.4 Å². The smallest absolute Gasteiger partial charge is 0.242 e. The molecule has 4 aromatic rings. The summed E-state index contributed by atoms with van der Waals surface area (Å²) < 4.78 is 31.0. The van der Waals surface area contributed by atoms with Gasteiger partial charge in [0.15, 0.2) is 0 Å². The van der Waals surface area contributed by atoms with Gasteiger partial charge < -0.3 is 4.57 Å². The number of thiophene rings is 1. The van der Waals surface area contributed by atoms with E-state index >= 15 is 0 Å². The lowest BCUT2D eigenvalue weighted by atomic mass is 9.96. The summed E-state index contributed by atoms with van der Waals surface area (Å²) in [6, 6.07) is 19.2. The van der Waals surface area contributed by atoms with Gasteiger partial charge in [0.25, 0.3) is 0 Å². The van der Waals surface area contributed by atoms with E-state index in [1.165, 1.54) is 10.4 Å². The standard InChI is InChI=1S/C32H33N5O3S2/c1-21-13-15-26(16-14-21)42(39,40)36-29(24-9-5-4-6-10-24)18-31(38)35-34-20-25-17-22(2)37(23(25)3)32-28(19-33)27-11-7-8-12-30(27)41-32/h4-6,9-10,13-17,20,29,36H,7-8,11-12,18H2,1-3H3,(H,35,38)/b34-20-/t29-/m0/s1. The second-order valence-electron chi connectivity index (χ2n) is 10.6. The number of nitriles is 1. The molecule has 0 aliphatic heterocycles. The van der Waals surface area contributed by atoms with E-state index in [0.29, 0.717) is 5.56 Å². The number of fused-ring (bicyclic) bond motifs is 1. The molecule has 42 heavy (non-hydrogen) atoms. The number of benzene rings is 2. The van der Waals surface area contributed by atoms with Crippen LogP contribution in [0.25, 0.3) is 5.00 Å². The van der Waals surface area contributed by atoms with Crippen LogP contribution in [0.1, 0.15) is 69.4 Å². The van der Waals surface area contributed by atoms with Crippen LogP contribution >= 0.6 is 11.3 Å². The monoisotopic (exact) mass is 599 g/mol. The number of nitrogens with one attached hydrogen (secondary N) is 2. The first-order valence-corrected chi connectivity index (χ1v) is 16.2. The normalized spacial score (nSPS) is 14.0. The van der Waals surface area contributed by atoms with Crippen molar-refractivity contribution in [2.24, 2.45) is 5.10 Å². The number of hydrogen-bond acceptors (Lipinski definition) is 6. The maximum absolute atomic E-state index is 13.1. The van der Waals surface area contributed by atoms with E-state index < -0.39 is 22.0 Å². The summed E-state index contributed by atoms with van der Waals surface area (Å²) in [5.41, 5.74) is 8.85. The van der Waals surface area contributed by atoms with Crippen molar-refractivity contribution in [3.8, 4) is 11.1 Å². The van der Waals surface area contributed by atoms with Crippen LogP contribution in [0.15, 0.2) is 70.7 Å². The number of carbonyl (C=O) groups excluding carboxylic acids is 1. The minimum absolute atomic E-state index is 0.133. The van der Waals surface area contributed by atoms with Crippen LogP contribution in [0.2, 0.25) is 0 Å². The summed E-state index contributed by atoms with van der Waals surface area (Å²) in [4.78, 5) is 14.4. The Morgan fingerprint density at radius 1 is 1.10 bits per heavy atom. The lowest BCUT2D eigenvalue weighted by Crippen LogP contribution is -2.32. The molecule has 2 aromatic heterocycles. The number of sulfonamides is 1. The molecule has 0 radical (unpaired) electrons. The Kier molecular flexibility index (Phi) is 8.73. The fraction of sp³-hybridized carbons (Fsp3) is 0.281. The number of nitrogens with zero attached hydrogens (tertiary/aromatic N) is 3. The second-order valence-corrected chi connectivity index (χ2v) is 13.4. The van der Waals surface area contributed by atoms with E-state index in [1.807, 2.05) is 32.9 Å². The zero-order chi connectivity index (χ0) is 29.9. The van der Waals surface area contributed by atoms with Crippen molar-refractivity contribution in [3.05, 3.63) is 105 Å². The van der Waals surface area contributed by atoms with Crippen molar-refractivity contribution in [3.63, 3.8) is 0 Å². The van der Waals surface area contributed by atoms with E-state index in [0.717, 1.165) is 58.8 Å². The maximum atomic E-state index is 13.1. The molecule has 2 heterocycles. The summed E-state index contributed by atoms with van der Waals surface area (Å²) in [5.74, 6) is -0.432. The Hall–Kier alpha value is -4.04. The molecule has 1 amide bonds. The highest BCUT2D eigenvalue weighted by Gasteiger charge is 2.25. The number of aryl methyl sites for hydroxylation is 3. The maximum Gasteiger partial charge on any atom is 0.242 e. The molecule has 1 aliphatic rings. The quantitative estimate of drug-likeness (QED) is 0.188. The third-order valence-electron chi connectivity index (χ3n) is 7.55. The van der Waals surface area contributed by atoms with Crippen LogP contribution in [0.5, 0.6) is 0 Å². The van der Waals surface area contributed by atoms with Crippen LogP contribution in [-0.2, 0) is 27.7 Å². The van der Waals surface area contributed by atoms with Crippen molar-refractivity contribution in [2.75, 3.05) is 0 Å². The van der Waals surface area contributed by atoms with Crippen LogP contribution in [0.3, 0.4) is 0 Å².